The van der Waals surface area contributed by atoms with E-state index in [1.807, 2.05) is 0 Å². The first kappa shape index (κ1) is 9.21. The molecule has 1 heterocycles. The number of para-hydroxylation sites is 1. The fourth-order valence-corrected chi connectivity index (χ4v) is 1.95. The summed E-state index contributed by atoms with van der Waals surface area (Å²) < 4.78 is 6.50. The van der Waals surface area contributed by atoms with E-state index in [0.29, 0.717) is 15.4 Å². The Kier molecular flexibility index (Phi) is 2.03. The van der Waals surface area contributed by atoms with E-state index in [1.54, 1.807) is 25.2 Å². The van der Waals surface area contributed by atoms with Crippen molar-refractivity contribution in [3.05, 3.63) is 43.6 Å². The van der Waals surface area contributed by atoms with Gasteiger partial charge in [0.1, 0.15) is 0 Å². The van der Waals surface area contributed by atoms with Crippen LogP contribution in [0.25, 0.3) is 10.9 Å². The van der Waals surface area contributed by atoms with Crippen molar-refractivity contribution in [2.45, 2.75) is 0 Å². The SMILES string of the molecule is Cn1c(=O)oc(=O)c2cccc(Br)c21. The summed E-state index contributed by atoms with van der Waals surface area (Å²) in [6.07, 6.45) is 0. The number of aromatic nitrogens is 1. The van der Waals surface area contributed by atoms with Gasteiger partial charge in [0.25, 0.3) is 0 Å². The summed E-state index contributed by atoms with van der Waals surface area (Å²) in [5, 5.41) is 0.390. The normalized spacial score (nSPS) is 10.7. The first-order valence-corrected chi connectivity index (χ1v) is 4.69. The molecular formula is C9H6BrNO3. The summed E-state index contributed by atoms with van der Waals surface area (Å²) in [6.45, 7) is 0. The van der Waals surface area contributed by atoms with E-state index in [4.69, 9.17) is 0 Å². The van der Waals surface area contributed by atoms with Crippen LogP contribution in [0.3, 0.4) is 0 Å². The Morgan fingerprint density at radius 3 is 2.79 bits per heavy atom. The second kappa shape index (κ2) is 3.09. The monoisotopic (exact) mass is 255 g/mol. The van der Waals surface area contributed by atoms with E-state index in [9.17, 15) is 9.59 Å². The Hall–Kier alpha value is -1.36. The molecule has 2 rings (SSSR count). The van der Waals surface area contributed by atoms with Gasteiger partial charge in [-0.05, 0) is 28.1 Å². The van der Waals surface area contributed by atoms with Gasteiger partial charge in [-0.15, -0.1) is 0 Å². The summed E-state index contributed by atoms with van der Waals surface area (Å²) in [6, 6.07) is 5.10. The average molecular weight is 256 g/mol. The van der Waals surface area contributed by atoms with Gasteiger partial charge in [-0.3, -0.25) is 4.57 Å². The van der Waals surface area contributed by atoms with Gasteiger partial charge in [0, 0.05) is 11.5 Å². The molecular weight excluding hydrogens is 250 g/mol. The van der Waals surface area contributed by atoms with E-state index in [2.05, 4.69) is 20.3 Å². The summed E-state index contributed by atoms with van der Waals surface area (Å²) in [5.41, 5.74) is -0.0573. The number of nitrogens with zero attached hydrogens (tertiary/aromatic N) is 1. The molecule has 2 aromatic rings. The maximum absolute atomic E-state index is 11.3. The van der Waals surface area contributed by atoms with Crippen molar-refractivity contribution in [2.24, 2.45) is 7.05 Å². The molecule has 0 saturated heterocycles. The van der Waals surface area contributed by atoms with Crippen LogP contribution >= 0.6 is 15.9 Å². The third-order valence-electron chi connectivity index (χ3n) is 2.00. The van der Waals surface area contributed by atoms with Gasteiger partial charge >= 0.3 is 11.4 Å². The van der Waals surface area contributed by atoms with Gasteiger partial charge in [0.05, 0.1) is 10.9 Å². The molecule has 5 heteroatoms. The standard InChI is InChI=1S/C9H6BrNO3/c1-11-7-5(3-2-4-6(7)10)8(12)14-9(11)13/h2-4H,1H3. The molecule has 0 radical (unpaired) electrons. The molecule has 0 fully saturated rings. The predicted molar refractivity (Wildman–Crippen MR) is 55.4 cm³/mol. The van der Waals surface area contributed by atoms with Crippen LogP contribution in [0.5, 0.6) is 0 Å². The number of rotatable bonds is 0. The van der Waals surface area contributed by atoms with E-state index in [-0.39, 0.29) is 0 Å². The molecule has 14 heavy (non-hydrogen) atoms. The molecule has 4 nitrogen and oxygen atoms in total. The highest BCUT2D eigenvalue weighted by Crippen LogP contribution is 2.19. The van der Waals surface area contributed by atoms with Crippen molar-refractivity contribution in [3.8, 4) is 0 Å². The first-order chi connectivity index (χ1) is 6.61. The highest BCUT2D eigenvalue weighted by molar-refractivity contribution is 9.10. The maximum atomic E-state index is 11.3. The molecule has 0 aliphatic rings. The Balaban J connectivity index is 3.19. The third kappa shape index (κ3) is 1.21. The van der Waals surface area contributed by atoms with Crippen molar-refractivity contribution in [3.63, 3.8) is 0 Å². The minimum Gasteiger partial charge on any atom is -0.372 e. The number of aryl methyl sites for hydroxylation is 1. The van der Waals surface area contributed by atoms with Crippen LogP contribution in [0.15, 0.2) is 36.7 Å². The zero-order chi connectivity index (χ0) is 10.3. The van der Waals surface area contributed by atoms with Crippen LogP contribution in [0.1, 0.15) is 0 Å². The highest BCUT2D eigenvalue weighted by Gasteiger charge is 2.08. The molecule has 0 aliphatic carbocycles. The topological polar surface area (TPSA) is 52.2 Å². The molecule has 1 aromatic heterocycles. The Labute approximate surface area is 86.9 Å². The van der Waals surface area contributed by atoms with Crippen LogP contribution in [0.4, 0.5) is 0 Å². The lowest BCUT2D eigenvalue weighted by molar-refractivity contribution is 0.432. The quantitative estimate of drug-likeness (QED) is 0.712. The molecule has 72 valence electrons. The third-order valence-corrected chi connectivity index (χ3v) is 2.64. The summed E-state index contributed by atoms with van der Waals surface area (Å²) >= 11 is 3.28. The molecule has 0 spiro atoms. The maximum Gasteiger partial charge on any atom is 0.422 e. The average Bonchev–Trinajstić information content (AvgIpc) is 2.14. The second-order valence-electron chi connectivity index (χ2n) is 2.85. The van der Waals surface area contributed by atoms with Crippen LogP contribution in [0.2, 0.25) is 0 Å². The van der Waals surface area contributed by atoms with Gasteiger partial charge < -0.3 is 4.42 Å². The number of fused-ring (bicyclic) bond motifs is 1. The first-order valence-electron chi connectivity index (χ1n) is 3.89. The summed E-state index contributed by atoms with van der Waals surface area (Å²) in [4.78, 5) is 22.5. The lowest BCUT2D eigenvalue weighted by atomic mass is 10.2. The lowest BCUT2D eigenvalue weighted by Gasteiger charge is -2.03. The van der Waals surface area contributed by atoms with Gasteiger partial charge in [0.2, 0.25) is 0 Å². The number of benzene rings is 1. The van der Waals surface area contributed by atoms with Crippen molar-refractivity contribution in [2.75, 3.05) is 0 Å². The van der Waals surface area contributed by atoms with Crippen molar-refractivity contribution >= 4 is 26.8 Å². The fraction of sp³-hybridized carbons (Fsp3) is 0.111. The van der Waals surface area contributed by atoms with E-state index in [1.165, 1.54) is 4.57 Å². The van der Waals surface area contributed by atoms with Crippen LogP contribution in [-0.2, 0) is 7.05 Å². The fourth-order valence-electron chi connectivity index (χ4n) is 1.31. The van der Waals surface area contributed by atoms with Crippen molar-refractivity contribution < 1.29 is 4.42 Å². The highest BCUT2D eigenvalue weighted by atomic mass is 79.9. The van der Waals surface area contributed by atoms with Crippen LogP contribution < -0.4 is 11.4 Å². The minimum absolute atomic E-state index is 0.390. The van der Waals surface area contributed by atoms with Gasteiger partial charge in [0.15, 0.2) is 0 Å². The predicted octanol–water partition coefficient (Wildman–Crippen LogP) is 1.25. The van der Waals surface area contributed by atoms with Crippen LogP contribution in [0, 0.1) is 0 Å². The summed E-state index contributed by atoms with van der Waals surface area (Å²) in [7, 11) is 1.55. The Morgan fingerprint density at radius 2 is 2.07 bits per heavy atom. The molecule has 0 unspecified atom stereocenters. The van der Waals surface area contributed by atoms with Crippen LogP contribution in [-0.4, -0.2) is 4.57 Å². The van der Waals surface area contributed by atoms with Crippen molar-refractivity contribution in [1.82, 2.24) is 4.57 Å². The van der Waals surface area contributed by atoms with E-state index < -0.39 is 11.4 Å². The molecule has 1 aromatic carbocycles. The smallest absolute Gasteiger partial charge is 0.372 e. The molecule has 0 amide bonds. The summed E-state index contributed by atoms with van der Waals surface area (Å²) in [5.74, 6) is -0.658. The number of halogens is 1. The molecule has 0 bridgehead atoms. The van der Waals surface area contributed by atoms with E-state index in [0.717, 1.165) is 0 Å². The molecule has 0 N–H and O–H groups in total. The van der Waals surface area contributed by atoms with Gasteiger partial charge in [-0.25, -0.2) is 9.59 Å². The Morgan fingerprint density at radius 1 is 1.36 bits per heavy atom. The largest absolute Gasteiger partial charge is 0.422 e. The lowest BCUT2D eigenvalue weighted by Crippen LogP contribution is -2.22. The minimum atomic E-state index is -0.658. The molecule has 0 aliphatic heterocycles. The zero-order valence-electron chi connectivity index (χ0n) is 7.28. The molecule has 0 saturated carbocycles. The van der Waals surface area contributed by atoms with E-state index >= 15 is 0 Å². The number of hydrogen-bond donors (Lipinski definition) is 0. The number of hydrogen-bond acceptors (Lipinski definition) is 3. The molecule has 0 atom stereocenters. The van der Waals surface area contributed by atoms with Crippen molar-refractivity contribution in [1.29, 1.82) is 0 Å². The van der Waals surface area contributed by atoms with Gasteiger partial charge in [-0.2, -0.15) is 0 Å². The Bertz CT molecular complexity index is 611. The zero-order valence-corrected chi connectivity index (χ0v) is 8.87. The van der Waals surface area contributed by atoms with Gasteiger partial charge in [-0.1, -0.05) is 6.07 Å². The second-order valence-corrected chi connectivity index (χ2v) is 3.70.